The highest BCUT2D eigenvalue weighted by Gasteiger charge is 2.24. The average Bonchev–Trinajstić information content (AvgIpc) is 3.08. The first kappa shape index (κ1) is 16.3. The second-order valence-electron chi connectivity index (χ2n) is 7.24. The van der Waals surface area contributed by atoms with Crippen LogP contribution in [0, 0.1) is 19.8 Å². The summed E-state index contributed by atoms with van der Waals surface area (Å²) >= 11 is 0. The van der Waals surface area contributed by atoms with Crippen LogP contribution >= 0.6 is 0 Å². The van der Waals surface area contributed by atoms with E-state index in [1.54, 1.807) is 0 Å². The number of hydrogen-bond donors (Lipinski definition) is 2. The summed E-state index contributed by atoms with van der Waals surface area (Å²) in [5.74, 6) is 2.57. The molecule has 1 atom stereocenters. The van der Waals surface area contributed by atoms with Crippen LogP contribution in [-0.4, -0.2) is 36.1 Å². The van der Waals surface area contributed by atoms with E-state index >= 15 is 0 Å². The molecule has 1 unspecified atom stereocenters. The molecular weight excluding hydrogens is 310 g/mol. The summed E-state index contributed by atoms with van der Waals surface area (Å²) in [7, 11) is 0. The van der Waals surface area contributed by atoms with E-state index < -0.39 is 0 Å². The van der Waals surface area contributed by atoms with Crippen LogP contribution in [0.2, 0.25) is 0 Å². The Balaban J connectivity index is 1.42. The van der Waals surface area contributed by atoms with Crippen molar-refractivity contribution in [2.45, 2.75) is 33.2 Å². The van der Waals surface area contributed by atoms with Crippen molar-refractivity contribution in [2.75, 3.05) is 36.4 Å². The SMILES string of the molecule is Cc1nc2c(c(NCC3CCN(c4ccccc4C)C3)n1)CCNC2. The van der Waals surface area contributed by atoms with Crippen molar-refractivity contribution in [1.82, 2.24) is 15.3 Å². The normalized spacial score (nSPS) is 19.8. The van der Waals surface area contributed by atoms with Crippen LogP contribution in [0.1, 0.15) is 29.1 Å². The van der Waals surface area contributed by atoms with Crippen LogP contribution in [0.25, 0.3) is 0 Å². The third-order valence-corrected chi connectivity index (χ3v) is 5.35. The molecule has 5 nitrogen and oxygen atoms in total. The van der Waals surface area contributed by atoms with E-state index in [1.165, 1.54) is 23.2 Å². The van der Waals surface area contributed by atoms with Gasteiger partial charge < -0.3 is 15.5 Å². The number of para-hydroxylation sites is 1. The molecule has 2 aromatic rings. The lowest BCUT2D eigenvalue weighted by Gasteiger charge is -2.22. The van der Waals surface area contributed by atoms with Crippen molar-refractivity contribution in [1.29, 1.82) is 0 Å². The van der Waals surface area contributed by atoms with Crippen molar-refractivity contribution >= 4 is 11.5 Å². The first-order chi connectivity index (χ1) is 12.2. The van der Waals surface area contributed by atoms with E-state index in [-0.39, 0.29) is 0 Å². The van der Waals surface area contributed by atoms with Gasteiger partial charge in [0, 0.05) is 37.4 Å². The molecular formula is C20H27N5. The summed E-state index contributed by atoms with van der Waals surface area (Å²) in [4.78, 5) is 11.8. The van der Waals surface area contributed by atoms with Crippen molar-refractivity contribution in [2.24, 2.45) is 5.92 Å². The molecule has 132 valence electrons. The summed E-state index contributed by atoms with van der Waals surface area (Å²) in [6, 6.07) is 8.69. The quantitative estimate of drug-likeness (QED) is 0.898. The second-order valence-corrected chi connectivity index (χ2v) is 7.24. The van der Waals surface area contributed by atoms with Gasteiger partial charge in [-0.2, -0.15) is 0 Å². The van der Waals surface area contributed by atoms with E-state index in [9.17, 15) is 0 Å². The molecule has 1 saturated heterocycles. The Morgan fingerprint density at radius 3 is 3.00 bits per heavy atom. The first-order valence-corrected chi connectivity index (χ1v) is 9.32. The Morgan fingerprint density at radius 2 is 2.12 bits per heavy atom. The van der Waals surface area contributed by atoms with E-state index in [0.717, 1.165) is 56.5 Å². The summed E-state index contributed by atoms with van der Waals surface area (Å²) in [5, 5.41) is 7.03. The van der Waals surface area contributed by atoms with Gasteiger partial charge in [0.05, 0.1) is 5.69 Å². The van der Waals surface area contributed by atoms with Gasteiger partial charge >= 0.3 is 0 Å². The minimum atomic E-state index is 0.659. The zero-order valence-corrected chi connectivity index (χ0v) is 15.2. The van der Waals surface area contributed by atoms with Crippen molar-refractivity contribution in [3.05, 3.63) is 46.9 Å². The first-order valence-electron chi connectivity index (χ1n) is 9.32. The Kier molecular flexibility index (Phi) is 4.57. The zero-order chi connectivity index (χ0) is 17.2. The van der Waals surface area contributed by atoms with Gasteiger partial charge in [0.25, 0.3) is 0 Å². The van der Waals surface area contributed by atoms with Crippen LogP contribution < -0.4 is 15.5 Å². The van der Waals surface area contributed by atoms with E-state index in [4.69, 9.17) is 0 Å². The number of aromatic nitrogens is 2. The van der Waals surface area contributed by atoms with Gasteiger partial charge in [0.2, 0.25) is 0 Å². The smallest absolute Gasteiger partial charge is 0.133 e. The maximum Gasteiger partial charge on any atom is 0.133 e. The Bertz CT molecular complexity index is 758. The Labute approximate surface area is 149 Å². The largest absolute Gasteiger partial charge is 0.371 e. The monoisotopic (exact) mass is 337 g/mol. The van der Waals surface area contributed by atoms with Crippen molar-refractivity contribution in [3.63, 3.8) is 0 Å². The highest BCUT2D eigenvalue weighted by Crippen LogP contribution is 2.27. The minimum absolute atomic E-state index is 0.659. The Hall–Kier alpha value is -2.14. The summed E-state index contributed by atoms with van der Waals surface area (Å²) in [5.41, 5.74) is 5.21. The molecule has 2 aliphatic heterocycles. The highest BCUT2D eigenvalue weighted by atomic mass is 15.2. The molecule has 4 rings (SSSR count). The third kappa shape index (κ3) is 3.47. The van der Waals surface area contributed by atoms with Crippen LogP contribution in [0.3, 0.4) is 0 Å². The lowest BCUT2D eigenvalue weighted by molar-refractivity contribution is 0.607. The van der Waals surface area contributed by atoms with Gasteiger partial charge in [-0.15, -0.1) is 0 Å². The molecule has 5 heteroatoms. The van der Waals surface area contributed by atoms with Gasteiger partial charge in [-0.1, -0.05) is 18.2 Å². The predicted octanol–water partition coefficient (Wildman–Crippen LogP) is 2.68. The van der Waals surface area contributed by atoms with Crippen LogP contribution in [0.4, 0.5) is 11.5 Å². The number of benzene rings is 1. The molecule has 0 aliphatic carbocycles. The molecule has 25 heavy (non-hydrogen) atoms. The van der Waals surface area contributed by atoms with Gasteiger partial charge in [-0.3, -0.25) is 0 Å². The molecule has 0 spiro atoms. The topological polar surface area (TPSA) is 53.1 Å². The number of anilines is 2. The Morgan fingerprint density at radius 1 is 1.24 bits per heavy atom. The summed E-state index contributed by atoms with van der Waals surface area (Å²) < 4.78 is 0. The van der Waals surface area contributed by atoms with Crippen LogP contribution in [0.15, 0.2) is 24.3 Å². The second kappa shape index (κ2) is 7.00. The molecule has 3 heterocycles. The van der Waals surface area contributed by atoms with Gasteiger partial charge in [0.15, 0.2) is 0 Å². The number of nitrogens with zero attached hydrogens (tertiary/aromatic N) is 3. The lowest BCUT2D eigenvalue weighted by atomic mass is 10.1. The average molecular weight is 337 g/mol. The van der Waals surface area contributed by atoms with E-state index in [2.05, 4.69) is 56.7 Å². The molecule has 0 amide bonds. The van der Waals surface area contributed by atoms with Gasteiger partial charge in [-0.05, 0) is 50.8 Å². The minimum Gasteiger partial charge on any atom is -0.371 e. The maximum atomic E-state index is 4.68. The molecule has 0 radical (unpaired) electrons. The van der Waals surface area contributed by atoms with E-state index in [1.807, 2.05) is 6.92 Å². The third-order valence-electron chi connectivity index (χ3n) is 5.35. The number of hydrogen-bond acceptors (Lipinski definition) is 5. The predicted molar refractivity (Wildman–Crippen MR) is 102 cm³/mol. The van der Waals surface area contributed by atoms with Crippen molar-refractivity contribution < 1.29 is 0 Å². The van der Waals surface area contributed by atoms with Gasteiger partial charge in [0.1, 0.15) is 11.6 Å². The van der Waals surface area contributed by atoms with Crippen LogP contribution in [-0.2, 0) is 13.0 Å². The number of aryl methyl sites for hydroxylation is 2. The molecule has 0 bridgehead atoms. The molecule has 1 aromatic heterocycles. The zero-order valence-electron chi connectivity index (χ0n) is 15.2. The lowest BCUT2D eigenvalue weighted by Crippen LogP contribution is -2.28. The summed E-state index contributed by atoms with van der Waals surface area (Å²) in [6.45, 7) is 9.29. The fraction of sp³-hybridized carbons (Fsp3) is 0.500. The van der Waals surface area contributed by atoms with Crippen molar-refractivity contribution in [3.8, 4) is 0 Å². The maximum absolute atomic E-state index is 4.68. The summed E-state index contributed by atoms with van der Waals surface area (Å²) in [6.07, 6.45) is 2.24. The fourth-order valence-corrected chi connectivity index (χ4v) is 4.01. The highest BCUT2D eigenvalue weighted by molar-refractivity contribution is 5.54. The number of fused-ring (bicyclic) bond motifs is 1. The van der Waals surface area contributed by atoms with E-state index in [0.29, 0.717) is 5.92 Å². The standard InChI is InChI=1S/C20H27N5/c1-14-5-3-4-6-19(14)25-10-8-16(13-25)11-22-20-17-7-9-21-12-18(17)23-15(2)24-20/h3-6,16,21H,7-13H2,1-2H3,(H,22,23,24). The molecule has 2 aliphatic rings. The molecule has 0 saturated carbocycles. The number of nitrogens with one attached hydrogen (secondary N) is 2. The molecule has 2 N–H and O–H groups in total. The number of rotatable bonds is 4. The molecule has 1 fully saturated rings. The van der Waals surface area contributed by atoms with Gasteiger partial charge in [-0.25, -0.2) is 9.97 Å². The fourth-order valence-electron chi connectivity index (χ4n) is 4.01. The van der Waals surface area contributed by atoms with Crippen LogP contribution in [0.5, 0.6) is 0 Å². The molecule has 1 aromatic carbocycles.